The summed E-state index contributed by atoms with van der Waals surface area (Å²) in [4.78, 5) is 22.4. The lowest BCUT2D eigenvalue weighted by molar-refractivity contribution is -0.393. The van der Waals surface area contributed by atoms with Crippen LogP contribution in [0.1, 0.15) is 0 Å². The quantitative estimate of drug-likeness (QED) is 0.181. The first-order valence-electron chi connectivity index (χ1n) is 8.58. The number of hydrogen-bond acceptors (Lipinski definition) is 9. The summed E-state index contributed by atoms with van der Waals surface area (Å²) in [7, 11) is -4.62. The molecule has 13 heteroatoms. The second kappa shape index (κ2) is 6.93. The molecule has 158 valence electrons. The van der Waals surface area contributed by atoms with Crippen LogP contribution in [0.4, 0.5) is 45.5 Å². The standard InChI is InChI=1S/C18H13N5O7S/c19-13-8-12(31(28,29)30)9-14-18(13)21(10-4-2-1-3-5-10)15-6-11(22(24)25)7-16(23(26)27)17(15)20-14/h1-9,20H,19H2,(H,28,29,30). The lowest BCUT2D eigenvalue weighted by Gasteiger charge is -2.34. The smallest absolute Gasteiger partial charge is 0.301 e. The van der Waals surface area contributed by atoms with Crippen LogP contribution in [0.2, 0.25) is 0 Å². The van der Waals surface area contributed by atoms with Gasteiger partial charge in [0.05, 0.1) is 43.6 Å². The molecule has 1 heterocycles. The Morgan fingerprint density at radius 1 is 1.00 bits per heavy atom. The van der Waals surface area contributed by atoms with E-state index in [2.05, 4.69) is 5.32 Å². The van der Waals surface area contributed by atoms with Gasteiger partial charge in [0.15, 0.2) is 0 Å². The largest absolute Gasteiger partial charge is 0.397 e. The zero-order valence-electron chi connectivity index (χ0n) is 15.4. The van der Waals surface area contributed by atoms with Gasteiger partial charge in [-0.15, -0.1) is 0 Å². The molecule has 3 aromatic carbocycles. The van der Waals surface area contributed by atoms with Crippen molar-refractivity contribution < 1.29 is 22.8 Å². The van der Waals surface area contributed by atoms with Crippen LogP contribution in [0.25, 0.3) is 0 Å². The number of nitro benzene ring substituents is 2. The van der Waals surface area contributed by atoms with Crippen molar-refractivity contribution in [2.75, 3.05) is 16.0 Å². The first-order chi connectivity index (χ1) is 14.6. The summed E-state index contributed by atoms with van der Waals surface area (Å²) in [6, 6.07) is 12.5. The van der Waals surface area contributed by atoms with Crippen molar-refractivity contribution >= 4 is 55.6 Å². The van der Waals surface area contributed by atoms with Crippen molar-refractivity contribution in [2.45, 2.75) is 4.90 Å². The third-order valence-corrected chi connectivity index (χ3v) is 5.47. The Kier molecular flexibility index (Phi) is 4.48. The molecule has 0 atom stereocenters. The fourth-order valence-corrected chi connectivity index (χ4v) is 3.92. The fraction of sp³-hybridized carbons (Fsp3) is 0. The minimum Gasteiger partial charge on any atom is -0.397 e. The number of para-hydroxylation sites is 1. The average molecular weight is 443 g/mol. The van der Waals surface area contributed by atoms with Crippen molar-refractivity contribution in [3.05, 3.63) is 74.8 Å². The average Bonchev–Trinajstić information content (AvgIpc) is 2.71. The predicted octanol–water partition coefficient (Wildman–Crippen LogP) is 3.86. The number of hydrogen-bond donors (Lipinski definition) is 3. The number of nitrogens with zero attached hydrogens (tertiary/aromatic N) is 3. The van der Waals surface area contributed by atoms with Gasteiger partial charge in [-0.25, -0.2) is 0 Å². The number of anilines is 6. The molecule has 0 radical (unpaired) electrons. The number of nitrogen functional groups attached to an aromatic ring is 1. The van der Waals surface area contributed by atoms with Crippen molar-refractivity contribution in [1.29, 1.82) is 0 Å². The monoisotopic (exact) mass is 443 g/mol. The number of nitro groups is 2. The molecule has 0 bridgehead atoms. The van der Waals surface area contributed by atoms with Crippen molar-refractivity contribution in [1.82, 2.24) is 0 Å². The lowest BCUT2D eigenvalue weighted by atomic mass is 10.0. The van der Waals surface area contributed by atoms with Crippen molar-refractivity contribution in [3.63, 3.8) is 0 Å². The highest BCUT2D eigenvalue weighted by Gasteiger charge is 2.35. The molecule has 0 amide bonds. The van der Waals surface area contributed by atoms with Crippen molar-refractivity contribution in [2.24, 2.45) is 0 Å². The molecule has 0 saturated heterocycles. The van der Waals surface area contributed by atoms with E-state index in [4.69, 9.17) is 5.73 Å². The third kappa shape index (κ3) is 3.37. The first kappa shape index (κ1) is 20.1. The summed E-state index contributed by atoms with van der Waals surface area (Å²) in [5.74, 6) is 0. The highest BCUT2D eigenvalue weighted by Crippen LogP contribution is 2.54. The minimum absolute atomic E-state index is 0.0564. The maximum Gasteiger partial charge on any atom is 0.301 e. The maximum atomic E-state index is 11.7. The van der Waals surface area contributed by atoms with Gasteiger partial charge in [-0.3, -0.25) is 24.8 Å². The van der Waals surface area contributed by atoms with E-state index in [0.717, 1.165) is 24.3 Å². The summed E-state index contributed by atoms with van der Waals surface area (Å²) in [6.07, 6.45) is 0. The van der Waals surface area contributed by atoms with Crippen molar-refractivity contribution in [3.8, 4) is 0 Å². The molecular formula is C18H13N5O7S. The van der Waals surface area contributed by atoms with Crippen LogP contribution in [0.3, 0.4) is 0 Å². The Hall–Kier alpha value is -4.23. The van der Waals surface area contributed by atoms with Gasteiger partial charge in [-0.1, -0.05) is 18.2 Å². The highest BCUT2D eigenvalue weighted by molar-refractivity contribution is 7.85. The number of nitrogens with one attached hydrogen (secondary N) is 1. The zero-order chi connectivity index (χ0) is 22.5. The summed E-state index contributed by atoms with van der Waals surface area (Å²) in [5, 5.41) is 25.8. The van der Waals surface area contributed by atoms with E-state index in [1.165, 1.54) is 4.90 Å². The fourth-order valence-electron chi connectivity index (χ4n) is 3.37. The molecule has 4 rings (SSSR count). The topological polar surface area (TPSA) is 182 Å². The van der Waals surface area contributed by atoms with Gasteiger partial charge < -0.3 is 16.0 Å². The van der Waals surface area contributed by atoms with E-state index in [1.807, 2.05) is 0 Å². The van der Waals surface area contributed by atoms with Crippen LogP contribution >= 0.6 is 0 Å². The summed E-state index contributed by atoms with van der Waals surface area (Å²) < 4.78 is 32.7. The second-order valence-electron chi connectivity index (χ2n) is 6.55. The van der Waals surface area contributed by atoms with Gasteiger partial charge in [0, 0.05) is 11.8 Å². The van der Waals surface area contributed by atoms with Crippen LogP contribution in [-0.2, 0) is 10.1 Å². The van der Waals surface area contributed by atoms with Gasteiger partial charge in [-0.2, -0.15) is 8.42 Å². The Morgan fingerprint density at radius 3 is 2.26 bits per heavy atom. The van der Waals surface area contributed by atoms with Gasteiger partial charge in [0.2, 0.25) is 0 Å². The number of benzene rings is 3. The molecule has 31 heavy (non-hydrogen) atoms. The molecule has 0 aromatic heterocycles. The molecule has 0 spiro atoms. The molecule has 3 aromatic rings. The predicted molar refractivity (Wildman–Crippen MR) is 112 cm³/mol. The molecule has 0 saturated carbocycles. The molecule has 1 aliphatic rings. The van der Waals surface area contributed by atoms with Crippen LogP contribution < -0.4 is 16.0 Å². The van der Waals surface area contributed by atoms with Gasteiger partial charge in [0.1, 0.15) is 5.69 Å². The molecule has 12 nitrogen and oxygen atoms in total. The van der Waals surface area contributed by atoms with Crippen LogP contribution in [-0.4, -0.2) is 22.8 Å². The SMILES string of the molecule is Nc1cc(S(=O)(=O)O)cc2c1N(c1ccccc1)c1cc([N+](=O)[O-])cc([N+](=O)[O-])c1N2. The summed E-state index contributed by atoms with van der Waals surface area (Å²) in [5.41, 5.74) is 5.62. The van der Waals surface area contributed by atoms with Gasteiger partial charge in [0.25, 0.3) is 15.8 Å². The molecule has 4 N–H and O–H groups in total. The van der Waals surface area contributed by atoms with E-state index in [0.29, 0.717) is 5.69 Å². The normalized spacial score (nSPS) is 12.5. The summed E-state index contributed by atoms with van der Waals surface area (Å²) in [6.45, 7) is 0. The Labute approximate surface area is 174 Å². The maximum absolute atomic E-state index is 11.7. The van der Waals surface area contributed by atoms with E-state index in [-0.39, 0.29) is 28.4 Å². The molecule has 1 aliphatic heterocycles. The van der Waals surface area contributed by atoms with Gasteiger partial charge in [-0.05, 0) is 24.3 Å². The lowest BCUT2D eigenvalue weighted by Crippen LogP contribution is -2.21. The number of fused-ring (bicyclic) bond motifs is 2. The van der Waals surface area contributed by atoms with E-state index >= 15 is 0 Å². The Bertz CT molecular complexity index is 1360. The molecule has 0 aliphatic carbocycles. The molecule has 0 fully saturated rings. The van der Waals surface area contributed by atoms with Crippen LogP contribution in [0.15, 0.2) is 59.5 Å². The second-order valence-corrected chi connectivity index (χ2v) is 7.97. The summed E-state index contributed by atoms with van der Waals surface area (Å²) >= 11 is 0. The Morgan fingerprint density at radius 2 is 1.68 bits per heavy atom. The molecule has 0 unspecified atom stereocenters. The van der Waals surface area contributed by atoms with Crippen LogP contribution in [0, 0.1) is 20.2 Å². The van der Waals surface area contributed by atoms with Gasteiger partial charge >= 0.3 is 5.69 Å². The number of nitrogens with two attached hydrogens (primary N) is 1. The zero-order valence-corrected chi connectivity index (χ0v) is 16.2. The van der Waals surface area contributed by atoms with E-state index < -0.39 is 36.2 Å². The minimum atomic E-state index is -4.62. The van der Waals surface area contributed by atoms with E-state index in [9.17, 15) is 33.2 Å². The third-order valence-electron chi connectivity index (χ3n) is 4.64. The number of rotatable bonds is 4. The van der Waals surface area contributed by atoms with Crippen LogP contribution in [0.5, 0.6) is 0 Å². The molecular weight excluding hydrogens is 430 g/mol. The van der Waals surface area contributed by atoms with E-state index in [1.54, 1.807) is 30.3 Å². The Balaban J connectivity index is 2.10. The number of non-ortho nitro benzene ring substituents is 1. The first-order valence-corrected chi connectivity index (χ1v) is 10.0. The highest BCUT2D eigenvalue weighted by atomic mass is 32.2.